The minimum Gasteiger partial charge on any atom is -0.309 e. The van der Waals surface area contributed by atoms with Crippen LogP contribution < -0.4 is 10.6 Å². The molecular weight excluding hydrogens is 326 g/mol. The van der Waals surface area contributed by atoms with E-state index >= 15 is 0 Å². The summed E-state index contributed by atoms with van der Waals surface area (Å²) in [5, 5.41) is 3.37. The van der Waals surface area contributed by atoms with E-state index < -0.39 is 0 Å². The fraction of sp³-hybridized carbons (Fsp3) is 0.0769. The highest BCUT2D eigenvalue weighted by molar-refractivity contribution is 5.88. The lowest BCUT2D eigenvalue weighted by atomic mass is 10.0. The Kier molecular flexibility index (Phi) is 4.52. The van der Waals surface area contributed by atoms with Gasteiger partial charge in [0.1, 0.15) is 0 Å². The van der Waals surface area contributed by atoms with Crippen molar-refractivity contribution in [2.75, 3.05) is 0 Å². The fourth-order valence-corrected chi connectivity index (χ4v) is 3.60. The van der Waals surface area contributed by atoms with Crippen molar-refractivity contribution in [2.24, 2.45) is 0 Å². The molecular formula is C26H23N. The number of aryl methyl sites for hydroxylation is 1. The first-order valence-electron chi connectivity index (χ1n) is 9.28. The van der Waals surface area contributed by atoms with Gasteiger partial charge < -0.3 is 4.57 Å². The van der Waals surface area contributed by atoms with Gasteiger partial charge in [0.05, 0.1) is 10.9 Å². The molecule has 0 radical (unpaired) electrons. The van der Waals surface area contributed by atoms with Crippen LogP contribution in [-0.2, 0) is 0 Å². The normalized spacial score (nSPS) is 12.3. The first-order chi connectivity index (χ1) is 13.2. The quantitative estimate of drug-likeness (QED) is 0.468. The summed E-state index contributed by atoms with van der Waals surface area (Å²) in [5.74, 6) is 0. The second kappa shape index (κ2) is 7.13. The van der Waals surface area contributed by atoms with E-state index in [1.165, 1.54) is 27.6 Å². The van der Waals surface area contributed by atoms with Crippen LogP contribution in [-0.4, -0.2) is 4.57 Å². The van der Waals surface area contributed by atoms with Crippen LogP contribution >= 0.6 is 0 Å². The predicted octanol–water partition coefficient (Wildman–Crippen LogP) is 5.37. The summed E-state index contributed by atoms with van der Waals surface area (Å²) < 4.78 is 2.30. The Morgan fingerprint density at radius 3 is 2.37 bits per heavy atom. The third-order valence-corrected chi connectivity index (χ3v) is 4.93. The second-order valence-corrected chi connectivity index (χ2v) is 6.83. The zero-order valence-corrected chi connectivity index (χ0v) is 15.8. The molecule has 0 spiro atoms. The molecule has 0 bridgehead atoms. The second-order valence-electron chi connectivity index (χ2n) is 6.83. The van der Waals surface area contributed by atoms with Gasteiger partial charge in [0.15, 0.2) is 0 Å². The van der Waals surface area contributed by atoms with Crippen molar-refractivity contribution in [2.45, 2.75) is 13.8 Å². The van der Waals surface area contributed by atoms with Crippen molar-refractivity contribution in [1.29, 1.82) is 0 Å². The first-order valence-corrected chi connectivity index (χ1v) is 9.28. The van der Waals surface area contributed by atoms with Crippen LogP contribution in [0.15, 0.2) is 84.9 Å². The van der Waals surface area contributed by atoms with Crippen molar-refractivity contribution in [1.82, 2.24) is 4.57 Å². The van der Waals surface area contributed by atoms with Crippen LogP contribution in [0.4, 0.5) is 0 Å². The fourth-order valence-electron chi connectivity index (χ4n) is 3.60. The van der Waals surface area contributed by atoms with Crippen LogP contribution in [0.2, 0.25) is 0 Å². The molecule has 1 heterocycles. The zero-order chi connectivity index (χ0) is 18.8. The maximum Gasteiger partial charge on any atom is 0.0547 e. The largest absolute Gasteiger partial charge is 0.309 e. The highest BCUT2D eigenvalue weighted by atomic mass is 15.0. The van der Waals surface area contributed by atoms with E-state index in [1.807, 2.05) is 19.1 Å². The molecule has 0 atom stereocenters. The van der Waals surface area contributed by atoms with E-state index in [0.29, 0.717) is 0 Å². The Hall–Kier alpha value is -3.32. The number of hydrogen-bond donors (Lipinski definition) is 0. The van der Waals surface area contributed by atoms with Crippen molar-refractivity contribution in [3.63, 3.8) is 0 Å². The van der Waals surface area contributed by atoms with E-state index in [-0.39, 0.29) is 0 Å². The van der Waals surface area contributed by atoms with Gasteiger partial charge in [0.25, 0.3) is 0 Å². The van der Waals surface area contributed by atoms with Gasteiger partial charge in [-0.2, -0.15) is 0 Å². The number of aromatic nitrogens is 1. The molecule has 0 aliphatic heterocycles. The number of fused-ring (bicyclic) bond motifs is 1. The predicted molar refractivity (Wildman–Crippen MR) is 117 cm³/mol. The van der Waals surface area contributed by atoms with E-state index in [0.717, 1.165) is 16.3 Å². The Labute approximate surface area is 160 Å². The molecule has 1 aromatic heterocycles. The molecule has 4 rings (SSSR count). The van der Waals surface area contributed by atoms with Gasteiger partial charge in [-0.15, -0.1) is 0 Å². The minimum absolute atomic E-state index is 1.06. The third-order valence-electron chi connectivity index (χ3n) is 4.93. The molecule has 0 saturated carbocycles. The maximum atomic E-state index is 4.38. The number of allylic oxidation sites excluding steroid dienone is 2. The smallest absolute Gasteiger partial charge is 0.0547 e. The Morgan fingerprint density at radius 2 is 1.63 bits per heavy atom. The topological polar surface area (TPSA) is 4.93 Å². The lowest BCUT2D eigenvalue weighted by Gasteiger charge is -2.08. The van der Waals surface area contributed by atoms with E-state index in [4.69, 9.17) is 0 Å². The van der Waals surface area contributed by atoms with Crippen molar-refractivity contribution in [3.05, 3.63) is 101 Å². The lowest BCUT2D eigenvalue weighted by molar-refractivity contribution is 1.07. The van der Waals surface area contributed by atoms with Crippen LogP contribution in [0, 0.1) is 6.92 Å². The van der Waals surface area contributed by atoms with Crippen molar-refractivity contribution >= 4 is 23.6 Å². The molecule has 27 heavy (non-hydrogen) atoms. The van der Waals surface area contributed by atoms with Gasteiger partial charge in [-0.1, -0.05) is 78.9 Å². The van der Waals surface area contributed by atoms with Crippen LogP contribution in [0.1, 0.15) is 12.5 Å². The average Bonchev–Trinajstić information content (AvgIpc) is 2.98. The summed E-state index contributed by atoms with van der Waals surface area (Å²) in [6.07, 6.45) is 6.26. The number of rotatable bonds is 3. The summed E-state index contributed by atoms with van der Waals surface area (Å²) in [7, 11) is 0. The van der Waals surface area contributed by atoms with Gasteiger partial charge >= 0.3 is 0 Å². The molecule has 0 aliphatic carbocycles. The highest BCUT2D eigenvalue weighted by Crippen LogP contribution is 2.25. The number of para-hydroxylation sites is 1. The molecule has 3 aromatic carbocycles. The number of nitrogens with zero attached hydrogens (tertiary/aromatic N) is 1. The molecule has 4 aromatic rings. The first kappa shape index (κ1) is 17.1. The van der Waals surface area contributed by atoms with Gasteiger partial charge in [-0.25, -0.2) is 0 Å². The summed E-state index contributed by atoms with van der Waals surface area (Å²) >= 11 is 0. The highest BCUT2D eigenvalue weighted by Gasteiger charge is 2.10. The third kappa shape index (κ3) is 3.13. The van der Waals surface area contributed by atoms with Gasteiger partial charge in [-0.3, -0.25) is 0 Å². The summed E-state index contributed by atoms with van der Waals surface area (Å²) in [4.78, 5) is 0. The van der Waals surface area contributed by atoms with Crippen molar-refractivity contribution < 1.29 is 0 Å². The Bertz CT molecular complexity index is 1240. The lowest BCUT2D eigenvalue weighted by Crippen LogP contribution is -2.26. The van der Waals surface area contributed by atoms with Crippen LogP contribution in [0.3, 0.4) is 0 Å². The minimum atomic E-state index is 1.06. The van der Waals surface area contributed by atoms with E-state index in [2.05, 4.69) is 97.0 Å². The molecule has 1 heteroatoms. The SMILES string of the molecule is C=c1/c(=C\C=C/C)n(-c2ccccc2)c2cc(-c3cccc(C)c3)ccc12. The summed E-state index contributed by atoms with van der Waals surface area (Å²) in [6.45, 7) is 8.54. The number of benzene rings is 3. The van der Waals surface area contributed by atoms with Gasteiger partial charge in [-0.05, 0) is 49.2 Å². The van der Waals surface area contributed by atoms with Gasteiger partial charge in [0.2, 0.25) is 0 Å². The molecule has 0 amide bonds. The standard InChI is InChI=1S/C26H23N/c1-4-5-14-25-20(3)24-16-15-22(21-11-9-10-19(2)17-21)18-26(24)27(25)23-12-7-6-8-13-23/h4-18H,3H2,1-2H3/b5-4-,25-14+. The van der Waals surface area contributed by atoms with E-state index in [1.54, 1.807) is 0 Å². The monoisotopic (exact) mass is 349 g/mol. The van der Waals surface area contributed by atoms with E-state index in [9.17, 15) is 0 Å². The molecule has 0 aliphatic rings. The van der Waals surface area contributed by atoms with Gasteiger partial charge in [0, 0.05) is 16.3 Å². The molecule has 0 N–H and O–H groups in total. The Morgan fingerprint density at radius 1 is 0.852 bits per heavy atom. The van der Waals surface area contributed by atoms with Crippen LogP contribution in [0.5, 0.6) is 0 Å². The number of hydrogen-bond acceptors (Lipinski definition) is 0. The molecule has 132 valence electrons. The summed E-state index contributed by atoms with van der Waals surface area (Å²) in [6, 6.07) is 25.8. The molecule has 1 nitrogen and oxygen atoms in total. The molecule has 0 fully saturated rings. The van der Waals surface area contributed by atoms with Crippen LogP contribution in [0.25, 0.3) is 40.4 Å². The Balaban J connectivity index is 2.07. The zero-order valence-electron chi connectivity index (χ0n) is 15.8. The maximum absolute atomic E-state index is 4.38. The average molecular weight is 349 g/mol. The van der Waals surface area contributed by atoms with Crippen molar-refractivity contribution in [3.8, 4) is 16.8 Å². The molecule has 0 saturated heterocycles. The summed E-state index contributed by atoms with van der Waals surface area (Å²) in [5.41, 5.74) is 6.06. The molecule has 0 unspecified atom stereocenters.